The molecule has 0 unspecified atom stereocenters. The predicted molar refractivity (Wildman–Crippen MR) is 35.3 cm³/mol. The van der Waals surface area contributed by atoms with Crippen molar-refractivity contribution in [2.24, 2.45) is 0 Å². The minimum atomic E-state index is -1.42. The minimum absolute atomic E-state index is 0. The van der Waals surface area contributed by atoms with Gasteiger partial charge < -0.3 is 25.2 Å². The molecule has 1 rings (SSSR count). The Morgan fingerprint density at radius 1 is 1.46 bits per heavy atom. The van der Waals surface area contributed by atoms with Crippen LogP contribution in [0.5, 0.6) is 0 Å². The summed E-state index contributed by atoms with van der Waals surface area (Å²) >= 11 is 0. The topological polar surface area (TPSA) is 107 Å². The first kappa shape index (κ1) is 12.5. The number of aliphatic hydroxyl groups is 4. The number of hydrogen-bond acceptors (Lipinski definition) is 6. The maximum absolute atomic E-state index is 10.5. The van der Waals surface area contributed by atoms with E-state index in [1.807, 2.05) is 0 Å². The molecule has 0 aliphatic carbocycles. The Morgan fingerprint density at radius 2 is 2.00 bits per heavy atom. The fourth-order valence-corrected chi connectivity index (χ4v) is 0.823. The standard InChI is InChI=1S/C6H8O6.Ag/c7-1-2(8)5-3(9)4(10)6(11)12-5;/h2,5,7-10H,1H2;/q;+1/t2-,5+;/m0./s1. The average Bonchev–Trinajstić information content (AvgIpc) is 2.32. The van der Waals surface area contributed by atoms with Gasteiger partial charge in [0.1, 0.15) is 6.10 Å². The molecular formula is C6H8AgO6+. The van der Waals surface area contributed by atoms with Crippen molar-refractivity contribution in [3.05, 3.63) is 11.5 Å². The van der Waals surface area contributed by atoms with Gasteiger partial charge in [-0.05, 0) is 0 Å². The Morgan fingerprint density at radius 3 is 2.31 bits per heavy atom. The molecule has 0 amide bonds. The molecular weight excluding hydrogens is 276 g/mol. The second-order valence-electron chi connectivity index (χ2n) is 2.31. The molecule has 0 aromatic rings. The van der Waals surface area contributed by atoms with E-state index in [-0.39, 0.29) is 22.4 Å². The van der Waals surface area contributed by atoms with Crippen LogP contribution >= 0.6 is 0 Å². The van der Waals surface area contributed by atoms with E-state index in [0.717, 1.165) is 0 Å². The summed E-state index contributed by atoms with van der Waals surface area (Å²) in [7, 11) is 0. The number of hydrogen-bond donors (Lipinski definition) is 4. The second-order valence-corrected chi connectivity index (χ2v) is 2.31. The van der Waals surface area contributed by atoms with Gasteiger partial charge in [-0.15, -0.1) is 0 Å². The summed E-state index contributed by atoms with van der Waals surface area (Å²) in [4.78, 5) is 10.5. The van der Waals surface area contributed by atoms with Crippen LogP contribution in [0.25, 0.3) is 0 Å². The van der Waals surface area contributed by atoms with Crippen molar-refractivity contribution in [1.29, 1.82) is 0 Å². The summed E-state index contributed by atoms with van der Waals surface area (Å²) in [5, 5.41) is 35.0. The van der Waals surface area contributed by atoms with Crippen LogP contribution in [0.1, 0.15) is 0 Å². The molecule has 4 N–H and O–H groups in total. The van der Waals surface area contributed by atoms with Gasteiger partial charge in [0, 0.05) is 0 Å². The van der Waals surface area contributed by atoms with E-state index < -0.39 is 36.3 Å². The fourth-order valence-electron chi connectivity index (χ4n) is 0.823. The Kier molecular flexibility index (Phi) is 4.45. The zero-order chi connectivity index (χ0) is 9.30. The number of ether oxygens (including phenoxy) is 1. The Bertz CT molecular complexity index is 237. The van der Waals surface area contributed by atoms with Gasteiger partial charge in [0.15, 0.2) is 11.9 Å². The third-order valence-electron chi connectivity index (χ3n) is 1.48. The minimum Gasteiger partial charge on any atom is -0.505 e. The first-order valence-corrected chi connectivity index (χ1v) is 3.20. The summed E-state index contributed by atoms with van der Waals surface area (Å²) in [6.45, 7) is -0.671. The maximum Gasteiger partial charge on any atom is 1.00 e. The molecule has 0 spiro atoms. The van der Waals surface area contributed by atoms with Crippen LogP contribution in [-0.2, 0) is 31.9 Å². The third kappa shape index (κ3) is 2.23. The molecule has 2 atom stereocenters. The SMILES string of the molecule is O=C1O[C@H]([C@@H](O)CO)C(O)=C1O.[Ag+]. The zero-order valence-corrected chi connectivity index (χ0v) is 7.75. The first-order chi connectivity index (χ1) is 5.57. The smallest absolute Gasteiger partial charge is 0.505 e. The van der Waals surface area contributed by atoms with Gasteiger partial charge in [-0.2, -0.15) is 0 Å². The first-order valence-electron chi connectivity index (χ1n) is 3.20. The van der Waals surface area contributed by atoms with Gasteiger partial charge in [0.25, 0.3) is 0 Å². The van der Waals surface area contributed by atoms with Crippen molar-refractivity contribution in [2.75, 3.05) is 6.61 Å². The Labute approximate surface area is 89.0 Å². The van der Waals surface area contributed by atoms with Gasteiger partial charge in [0.2, 0.25) is 5.76 Å². The molecule has 1 aliphatic heterocycles. The van der Waals surface area contributed by atoms with E-state index in [4.69, 9.17) is 20.4 Å². The van der Waals surface area contributed by atoms with Crippen LogP contribution in [0.15, 0.2) is 11.5 Å². The van der Waals surface area contributed by atoms with Crippen LogP contribution in [0.3, 0.4) is 0 Å². The van der Waals surface area contributed by atoms with Crippen LogP contribution in [-0.4, -0.2) is 45.2 Å². The van der Waals surface area contributed by atoms with E-state index in [9.17, 15) is 4.79 Å². The van der Waals surface area contributed by atoms with Crippen LogP contribution in [0.4, 0.5) is 0 Å². The van der Waals surface area contributed by atoms with E-state index in [0.29, 0.717) is 0 Å². The number of rotatable bonds is 2. The molecule has 0 radical (unpaired) electrons. The van der Waals surface area contributed by atoms with Crippen molar-refractivity contribution in [1.82, 2.24) is 0 Å². The molecule has 78 valence electrons. The summed E-state index contributed by atoms with van der Waals surface area (Å²) in [6, 6.07) is 0. The van der Waals surface area contributed by atoms with Crippen LogP contribution in [0.2, 0.25) is 0 Å². The van der Waals surface area contributed by atoms with Crippen molar-refractivity contribution < 1.29 is 52.3 Å². The molecule has 0 aromatic heterocycles. The van der Waals surface area contributed by atoms with Gasteiger partial charge in [0.05, 0.1) is 6.61 Å². The van der Waals surface area contributed by atoms with Gasteiger partial charge in [-0.25, -0.2) is 4.79 Å². The van der Waals surface area contributed by atoms with Crippen molar-refractivity contribution in [3.63, 3.8) is 0 Å². The quantitative estimate of drug-likeness (QED) is 0.366. The fraction of sp³-hybridized carbons (Fsp3) is 0.500. The van der Waals surface area contributed by atoms with E-state index in [1.165, 1.54) is 0 Å². The molecule has 0 aromatic carbocycles. The normalized spacial score (nSPS) is 23.8. The Hall–Kier alpha value is -0.530. The number of cyclic esters (lactones) is 1. The molecule has 13 heavy (non-hydrogen) atoms. The molecule has 1 heterocycles. The summed E-state index contributed by atoms with van der Waals surface area (Å²) in [5.41, 5.74) is 0. The number of aliphatic hydroxyl groups excluding tert-OH is 4. The van der Waals surface area contributed by atoms with Gasteiger partial charge >= 0.3 is 28.3 Å². The summed E-state index contributed by atoms with van der Waals surface area (Å²) < 4.78 is 4.32. The van der Waals surface area contributed by atoms with Gasteiger partial charge in [-0.3, -0.25) is 0 Å². The number of carbonyl (C=O) groups excluding carboxylic acids is 1. The average molecular weight is 284 g/mol. The monoisotopic (exact) mass is 283 g/mol. The third-order valence-corrected chi connectivity index (χ3v) is 1.48. The van der Waals surface area contributed by atoms with Gasteiger partial charge in [-0.1, -0.05) is 0 Å². The van der Waals surface area contributed by atoms with Crippen molar-refractivity contribution >= 4 is 5.97 Å². The Balaban J connectivity index is 0.00000144. The molecule has 1 aliphatic rings. The van der Waals surface area contributed by atoms with E-state index >= 15 is 0 Å². The maximum atomic E-state index is 10.5. The van der Waals surface area contributed by atoms with Crippen LogP contribution in [0, 0.1) is 0 Å². The molecule has 6 nitrogen and oxygen atoms in total. The number of carbonyl (C=O) groups is 1. The predicted octanol–water partition coefficient (Wildman–Crippen LogP) is -1.41. The van der Waals surface area contributed by atoms with Crippen molar-refractivity contribution in [3.8, 4) is 0 Å². The van der Waals surface area contributed by atoms with Crippen molar-refractivity contribution in [2.45, 2.75) is 12.2 Å². The summed E-state index contributed by atoms with van der Waals surface area (Å²) in [5.74, 6) is -2.78. The molecule has 7 heteroatoms. The largest absolute Gasteiger partial charge is 1.00 e. The van der Waals surface area contributed by atoms with Crippen LogP contribution < -0.4 is 0 Å². The molecule has 0 bridgehead atoms. The van der Waals surface area contributed by atoms with E-state index in [2.05, 4.69) is 4.74 Å². The molecule has 0 fully saturated rings. The molecule has 0 saturated heterocycles. The zero-order valence-electron chi connectivity index (χ0n) is 6.27. The summed E-state index contributed by atoms with van der Waals surface area (Å²) in [6.07, 6.45) is -2.78. The number of esters is 1. The second kappa shape index (κ2) is 4.64. The molecule has 0 saturated carbocycles. The van der Waals surface area contributed by atoms with E-state index in [1.54, 1.807) is 0 Å².